The maximum absolute atomic E-state index is 9.15. The lowest BCUT2D eigenvalue weighted by atomic mass is 9.96. The molecular weight excluding hydrogens is 176 g/mol. The molecule has 2 unspecified atom stereocenters. The molecule has 5 nitrogen and oxygen atoms in total. The summed E-state index contributed by atoms with van der Waals surface area (Å²) in [4.78, 5) is 0. The fourth-order valence-corrected chi connectivity index (χ4v) is 1.41. The van der Waals surface area contributed by atoms with Crippen LogP contribution in [0.3, 0.4) is 0 Å². The SMILES string of the molecule is OCC(O)CC1(CC(O)CO)CO1. The molecule has 0 bridgehead atoms. The summed E-state index contributed by atoms with van der Waals surface area (Å²) in [6.45, 7) is -0.137. The van der Waals surface area contributed by atoms with Gasteiger partial charge in [0.1, 0.15) is 0 Å². The zero-order valence-corrected chi connectivity index (χ0v) is 7.39. The Bertz CT molecular complexity index is 143. The minimum atomic E-state index is -0.812. The van der Waals surface area contributed by atoms with E-state index in [1.54, 1.807) is 0 Å². The van der Waals surface area contributed by atoms with E-state index in [4.69, 9.17) is 25.2 Å². The molecule has 0 aromatic carbocycles. The van der Waals surface area contributed by atoms with E-state index in [9.17, 15) is 0 Å². The maximum atomic E-state index is 9.15. The Morgan fingerprint density at radius 1 is 1.08 bits per heavy atom. The van der Waals surface area contributed by atoms with Gasteiger partial charge in [-0.05, 0) is 0 Å². The minimum Gasteiger partial charge on any atom is -0.394 e. The van der Waals surface area contributed by atoms with Crippen molar-refractivity contribution in [1.29, 1.82) is 0 Å². The molecule has 1 aliphatic rings. The molecule has 1 aliphatic heterocycles. The van der Waals surface area contributed by atoms with Crippen LogP contribution in [0, 0.1) is 0 Å². The molecule has 0 aromatic heterocycles. The second-order valence-corrected chi connectivity index (χ2v) is 3.55. The van der Waals surface area contributed by atoms with Gasteiger partial charge in [-0.25, -0.2) is 0 Å². The molecule has 1 fully saturated rings. The second-order valence-electron chi connectivity index (χ2n) is 3.55. The van der Waals surface area contributed by atoms with E-state index in [1.165, 1.54) is 0 Å². The number of hydrogen-bond acceptors (Lipinski definition) is 5. The van der Waals surface area contributed by atoms with E-state index in [2.05, 4.69) is 0 Å². The number of aliphatic hydroxyl groups excluding tert-OH is 4. The highest BCUT2D eigenvalue weighted by Crippen LogP contribution is 2.36. The van der Waals surface area contributed by atoms with Crippen molar-refractivity contribution in [2.24, 2.45) is 0 Å². The summed E-state index contributed by atoms with van der Waals surface area (Å²) in [6.07, 6.45) is -1.01. The van der Waals surface area contributed by atoms with Gasteiger partial charge in [0.15, 0.2) is 0 Å². The van der Waals surface area contributed by atoms with Gasteiger partial charge in [0.25, 0.3) is 0 Å². The average Bonchev–Trinajstić information content (AvgIpc) is 2.84. The van der Waals surface area contributed by atoms with Crippen molar-refractivity contribution in [3.05, 3.63) is 0 Å². The summed E-state index contributed by atoms with van der Waals surface area (Å²) < 4.78 is 5.10. The number of aliphatic hydroxyl groups is 4. The Hall–Kier alpha value is -0.200. The molecule has 0 spiro atoms. The lowest BCUT2D eigenvalue weighted by Gasteiger charge is -2.17. The molecule has 0 aliphatic carbocycles. The molecule has 13 heavy (non-hydrogen) atoms. The fraction of sp³-hybridized carbons (Fsp3) is 1.00. The van der Waals surface area contributed by atoms with Crippen LogP contribution in [0.25, 0.3) is 0 Å². The van der Waals surface area contributed by atoms with Gasteiger partial charge in [0.05, 0.1) is 37.6 Å². The minimum absolute atomic E-state index is 0.305. The monoisotopic (exact) mass is 192 g/mol. The smallest absolute Gasteiger partial charge is 0.0967 e. The van der Waals surface area contributed by atoms with Crippen LogP contribution in [0.15, 0.2) is 0 Å². The highest BCUT2D eigenvalue weighted by atomic mass is 16.6. The first-order chi connectivity index (χ1) is 6.12. The Kier molecular flexibility index (Phi) is 3.63. The Morgan fingerprint density at radius 2 is 1.46 bits per heavy atom. The Labute approximate surface area is 76.6 Å². The summed E-state index contributed by atoms with van der Waals surface area (Å²) in [5, 5.41) is 35.5. The van der Waals surface area contributed by atoms with Crippen LogP contribution < -0.4 is 0 Å². The number of epoxide rings is 1. The van der Waals surface area contributed by atoms with E-state index in [0.717, 1.165) is 0 Å². The zero-order valence-electron chi connectivity index (χ0n) is 7.39. The number of hydrogen-bond donors (Lipinski definition) is 4. The van der Waals surface area contributed by atoms with Crippen molar-refractivity contribution in [3.63, 3.8) is 0 Å². The summed E-state index contributed by atoms with van der Waals surface area (Å²) in [5.74, 6) is 0. The highest BCUT2D eigenvalue weighted by molar-refractivity contribution is 4.95. The standard InChI is InChI=1S/C8H16O5/c9-3-6(11)1-8(5-13-8)2-7(12)4-10/h6-7,9-12H,1-5H2. The lowest BCUT2D eigenvalue weighted by molar-refractivity contribution is 0.0323. The highest BCUT2D eigenvalue weighted by Gasteiger charge is 2.47. The van der Waals surface area contributed by atoms with Gasteiger partial charge >= 0.3 is 0 Å². The normalized spacial score (nSPS) is 31.4. The summed E-state index contributed by atoms with van der Waals surface area (Å²) in [7, 11) is 0. The van der Waals surface area contributed by atoms with Crippen LogP contribution in [0.2, 0.25) is 0 Å². The van der Waals surface area contributed by atoms with Crippen molar-refractivity contribution < 1.29 is 25.2 Å². The fourth-order valence-electron chi connectivity index (χ4n) is 1.41. The molecule has 0 radical (unpaired) electrons. The largest absolute Gasteiger partial charge is 0.394 e. The molecule has 4 N–H and O–H groups in total. The van der Waals surface area contributed by atoms with Crippen molar-refractivity contribution in [2.75, 3.05) is 19.8 Å². The Balaban J connectivity index is 2.30. The van der Waals surface area contributed by atoms with Gasteiger partial charge in [0.2, 0.25) is 0 Å². The summed E-state index contributed by atoms with van der Waals surface area (Å²) >= 11 is 0. The quantitative estimate of drug-likeness (QED) is 0.374. The molecule has 0 aromatic rings. The van der Waals surface area contributed by atoms with Crippen LogP contribution >= 0.6 is 0 Å². The molecule has 1 saturated heterocycles. The molecule has 1 rings (SSSR count). The number of ether oxygens (including phenoxy) is 1. The molecule has 0 amide bonds. The van der Waals surface area contributed by atoms with Crippen LogP contribution in [0.1, 0.15) is 12.8 Å². The van der Waals surface area contributed by atoms with Gasteiger partial charge in [-0.2, -0.15) is 0 Å². The molecule has 1 heterocycles. The van der Waals surface area contributed by atoms with Crippen LogP contribution in [-0.2, 0) is 4.74 Å². The van der Waals surface area contributed by atoms with Gasteiger partial charge < -0.3 is 25.2 Å². The third-order valence-electron chi connectivity index (χ3n) is 2.19. The van der Waals surface area contributed by atoms with Crippen molar-refractivity contribution in [3.8, 4) is 0 Å². The van der Waals surface area contributed by atoms with E-state index in [1.807, 2.05) is 0 Å². The topological polar surface area (TPSA) is 93.5 Å². The van der Waals surface area contributed by atoms with Crippen LogP contribution in [0.4, 0.5) is 0 Å². The van der Waals surface area contributed by atoms with E-state index in [-0.39, 0.29) is 13.2 Å². The van der Waals surface area contributed by atoms with Gasteiger partial charge in [0, 0.05) is 12.8 Å². The number of rotatable bonds is 6. The predicted molar refractivity (Wildman–Crippen MR) is 44.1 cm³/mol. The van der Waals surface area contributed by atoms with Gasteiger partial charge in [-0.3, -0.25) is 0 Å². The van der Waals surface area contributed by atoms with Crippen molar-refractivity contribution in [2.45, 2.75) is 30.7 Å². The van der Waals surface area contributed by atoms with Crippen LogP contribution in [-0.4, -0.2) is 58.1 Å². The maximum Gasteiger partial charge on any atom is 0.0967 e. The van der Waals surface area contributed by atoms with E-state index < -0.39 is 17.8 Å². The average molecular weight is 192 g/mol. The van der Waals surface area contributed by atoms with E-state index >= 15 is 0 Å². The van der Waals surface area contributed by atoms with Gasteiger partial charge in [-0.15, -0.1) is 0 Å². The molecule has 0 saturated carbocycles. The predicted octanol–water partition coefficient (Wildman–Crippen LogP) is -1.76. The lowest BCUT2D eigenvalue weighted by Crippen LogP contribution is -2.29. The zero-order chi connectivity index (χ0) is 9.90. The van der Waals surface area contributed by atoms with Crippen molar-refractivity contribution >= 4 is 0 Å². The first kappa shape index (κ1) is 10.9. The summed E-state index contributed by atoms with van der Waals surface area (Å²) in [6, 6.07) is 0. The van der Waals surface area contributed by atoms with Gasteiger partial charge in [-0.1, -0.05) is 0 Å². The van der Waals surface area contributed by atoms with Crippen LogP contribution in [0.5, 0.6) is 0 Å². The second kappa shape index (κ2) is 4.34. The molecule has 5 heteroatoms. The third-order valence-corrected chi connectivity index (χ3v) is 2.19. The van der Waals surface area contributed by atoms with Crippen molar-refractivity contribution in [1.82, 2.24) is 0 Å². The molecule has 2 atom stereocenters. The Morgan fingerprint density at radius 3 is 1.69 bits per heavy atom. The molecular formula is C8H16O5. The van der Waals surface area contributed by atoms with E-state index in [0.29, 0.717) is 19.4 Å². The molecule has 78 valence electrons. The first-order valence-corrected chi connectivity index (χ1v) is 4.34. The summed E-state index contributed by atoms with van der Waals surface area (Å²) in [5.41, 5.74) is -0.524. The first-order valence-electron chi connectivity index (χ1n) is 4.34. The third kappa shape index (κ3) is 3.21.